The normalized spacial score (nSPS) is 10.6. The van der Waals surface area contributed by atoms with Gasteiger partial charge in [-0.3, -0.25) is 9.59 Å². The predicted octanol–water partition coefficient (Wildman–Crippen LogP) is 4.78. The van der Waals surface area contributed by atoms with Crippen molar-refractivity contribution in [2.75, 3.05) is 0 Å². The molecule has 6 nitrogen and oxygen atoms in total. The molecule has 0 unspecified atom stereocenters. The third-order valence-corrected chi connectivity index (χ3v) is 5.80. The van der Waals surface area contributed by atoms with Gasteiger partial charge in [-0.05, 0) is 62.1 Å². The highest BCUT2D eigenvalue weighted by atomic mass is 16.4. The largest absolute Gasteiger partial charge is 0.478 e. The lowest BCUT2D eigenvalue weighted by atomic mass is 9.90. The lowest BCUT2D eigenvalue weighted by Gasteiger charge is -2.12. The second-order valence-electron chi connectivity index (χ2n) is 7.71. The van der Waals surface area contributed by atoms with Crippen LogP contribution in [-0.4, -0.2) is 33.7 Å². The van der Waals surface area contributed by atoms with Crippen LogP contribution in [0.4, 0.5) is 0 Å². The summed E-state index contributed by atoms with van der Waals surface area (Å²) in [5, 5.41) is 19.2. The number of carbonyl (C=O) groups is 4. The van der Waals surface area contributed by atoms with Crippen molar-refractivity contribution in [2.24, 2.45) is 0 Å². The lowest BCUT2D eigenvalue weighted by Crippen LogP contribution is -2.14. The number of carboxylic acids is 2. The molecule has 0 atom stereocenters. The quantitative estimate of drug-likeness (QED) is 0.545. The van der Waals surface area contributed by atoms with Crippen molar-refractivity contribution < 1.29 is 29.4 Å². The van der Waals surface area contributed by atoms with Gasteiger partial charge in [0, 0.05) is 22.3 Å². The summed E-state index contributed by atoms with van der Waals surface area (Å²) in [4.78, 5) is 49.4. The van der Waals surface area contributed by atoms with Crippen LogP contribution in [0.2, 0.25) is 0 Å². The second-order valence-corrected chi connectivity index (χ2v) is 7.71. The molecule has 0 heterocycles. The van der Waals surface area contributed by atoms with E-state index in [0.717, 1.165) is 11.1 Å². The monoisotopic (exact) mass is 430 g/mol. The molecule has 32 heavy (non-hydrogen) atoms. The summed E-state index contributed by atoms with van der Waals surface area (Å²) in [5.41, 5.74) is 3.08. The van der Waals surface area contributed by atoms with Crippen LogP contribution < -0.4 is 0 Å². The fourth-order valence-electron chi connectivity index (χ4n) is 3.65. The first kappa shape index (κ1) is 22.6. The summed E-state index contributed by atoms with van der Waals surface area (Å²) in [7, 11) is 0. The minimum absolute atomic E-state index is 0.0450. The molecule has 0 aliphatic carbocycles. The average Bonchev–Trinajstić information content (AvgIpc) is 2.75. The Kier molecular flexibility index (Phi) is 6.07. The number of carbonyl (C=O) groups excluding carboxylic acids is 2. The van der Waals surface area contributed by atoms with Crippen molar-refractivity contribution in [3.8, 4) is 0 Å². The van der Waals surface area contributed by atoms with E-state index in [1.165, 1.54) is 36.4 Å². The first-order valence-electron chi connectivity index (χ1n) is 9.91. The van der Waals surface area contributed by atoms with E-state index in [1.807, 2.05) is 0 Å². The first-order valence-corrected chi connectivity index (χ1v) is 9.91. The predicted molar refractivity (Wildman–Crippen MR) is 119 cm³/mol. The standard InChI is InChI=1S/C26H22O6/c1-13-5-11-19(21(15(13)3)25(29)30)23(27)17-7-9-18(10-8-17)24(28)20-12-6-14(2)16(4)22(20)26(31)32/h5-12H,1-4H3,(H,29,30)(H,31,32). The SMILES string of the molecule is Cc1ccc(C(=O)c2ccc(C(=O)c3ccc(C)c(C)c3C(=O)O)cc2)c(C(=O)O)c1C. The van der Waals surface area contributed by atoms with E-state index in [4.69, 9.17) is 0 Å². The highest BCUT2D eigenvalue weighted by Gasteiger charge is 2.23. The maximum atomic E-state index is 13.0. The number of carboxylic acid groups (broad SMARTS) is 2. The third kappa shape index (κ3) is 3.95. The van der Waals surface area contributed by atoms with Crippen LogP contribution in [0, 0.1) is 27.7 Å². The highest BCUT2D eigenvalue weighted by Crippen LogP contribution is 2.24. The Balaban J connectivity index is 2.00. The van der Waals surface area contributed by atoms with Gasteiger partial charge in [-0.2, -0.15) is 0 Å². The molecule has 2 N–H and O–H groups in total. The number of ketones is 2. The van der Waals surface area contributed by atoms with Gasteiger partial charge in [0.05, 0.1) is 11.1 Å². The topological polar surface area (TPSA) is 109 Å². The number of benzene rings is 3. The number of rotatable bonds is 6. The zero-order valence-electron chi connectivity index (χ0n) is 18.1. The molecule has 0 saturated carbocycles. The molecular weight excluding hydrogens is 408 g/mol. The van der Waals surface area contributed by atoms with Gasteiger partial charge in [0.15, 0.2) is 11.6 Å². The van der Waals surface area contributed by atoms with E-state index in [1.54, 1.807) is 39.8 Å². The molecule has 0 bridgehead atoms. The summed E-state index contributed by atoms with van der Waals surface area (Å²) < 4.78 is 0. The summed E-state index contributed by atoms with van der Waals surface area (Å²) in [6.07, 6.45) is 0. The molecule has 0 aliphatic heterocycles. The van der Waals surface area contributed by atoms with Crippen LogP contribution in [0.15, 0.2) is 48.5 Å². The van der Waals surface area contributed by atoms with Crippen molar-refractivity contribution >= 4 is 23.5 Å². The van der Waals surface area contributed by atoms with Crippen LogP contribution in [0.25, 0.3) is 0 Å². The van der Waals surface area contributed by atoms with Gasteiger partial charge < -0.3 is 10.2 Å². The van der Waals surface area contributed by atoms with E-state index >= 15 is 0 Å². The van der Waals surface area contributed by atoms with E-state index in [0.29, 0.717) is 11.1 Å². The Hall–Kier alpha value is -4.06. The Morgan fingerprint density at radius 1 is 0.531 bits per heavy atom. The smallest absolute Gasteiger partial charge is 0.336 e. The van der Waals surface area contributed by atoms with Gasteiger partial charge in [0.1, 0.15) is 0 Å². The number of aryl methyl sites for hydroxylation is 2. The molecule has 162 valence electrons. The van der Waals surface area contributed by atoms with Crippen molar-refractivity contribution in [3.63, 3.8) is 0 Å². The van der Waals surface area contributed by atoms with Crippen molar-refractivity contribution in [1.29, 1.82) is 0 Å². The van der Waals surface area contributed by atoms with Gasteiger partial charge >= 0.3 is 11.9 Å². The third-order valence-electron chi connectivity index (χ3n) is 5.80. The molecule has 3 aromatic rings. The Morgan fingerprint density at radius 3 is 1.12 bits per heavy atom. The van der Waals surface area contributed by atoms with Gasteiger partial charge in [0.2, 0.25) is 0 Å². The first-order chi connectivity index (χ1) is 15.0. The van der Waals surface area contributed by atoms with Crippen LogP contribution in [-0.2, 0) is 0 Å². The lowest BCUT2D eigenvalue weighted by molar-refractivity contribution is 0.0682. The fourth-order valence-corrected chi connectivity index (χ4v) is 3.65. The van der Waals surface area contributed by atoms with Crippen LogP contribution in [0.5, 0.6) is 0 Å². The van der Waals surface area contributed by atoms with Crippen molar-refractivity contribution in [2.45, 2.75) is 27.7 Å². The molecule has 0 fully saturated rings. The summed E-state index contributed by atoms with van der Waals surface area (Å²) in [6.45, 7) is 6.85. The maximum Gasteiger partial charge on any atom is 0.336 e. The summed E-state index contributed by atoms with van der Waals surface area (Å²) >= 11 is 0. The van der Waals surface area contributed by atoms with Crippen molar-refractivity contribution in [1.82, 2.24) is 0 Å². The van der Waals surface area contributed by atoms with Crippen LogP contribution in [0.1, 0.15) is 74.8 Å². The Morgan fingerprint density at radius 2 is 0.844 bits per heavy atom. The average molecular weight is 430 g/mol. The molecule has 3 aromatic carbocycles. The van der Waals surface area contributed by atoms with Crippen LogP contribution in [0.3, 0.4) is 0 Å². The zero-order valence-corrected chi connectivity index (χ0v) is 18.1. The van der Waals surface area contributed by atoms with E-state index in [2.05, 4.69) is 0 Å². The van der Waals surface area contributed by atoms with Gasteiger partial charge in [0.25, 0.3) is 0 Å². The molecule has 6 heteroatoms. The molecule has 0 saturated heterocycles. The molecule has 0 radical (unpaired) electrons. The molecule has 0 spiro atoms. The second kappa shape index (κ2) is 8.59. The van der Waals surface area contributed by atoms with Gasteiger partial charge in [-0.15, -0.1) is 0 Å². The summed E-state index contributed by atoms with van der Waals surface area (Å²) in [5.74, 6) is -3.31. The number of hydrogen-bond acceptors (Lipinski definition) is 4. The molecule has 3 rings (SSSR count). The minimum Gasteiger partial charge on any atom is -0.478 e. The Bertz CT molecular complexity index is 1180. The van der Waals surface area contributed by atoms with E-state index in [9.17, 15) is 29.4 Å². The molecule has 0 aliphatic rings. The van der Waals surface area contributed by atoms with Gasteiger partial charge in [-0.25, -0.2) is 9.59 Å². The van der Waals surface area contributed by atoms with E-state index < -0.39 is 23.5 Å². The molecular formula is C26H22O6. The Labute approximate surface area is 185 Å². The number of hydrogen-bond donors (Lipinski definition) is 2. The molecule has 0 aromatic heterocycles. The van der Waals surface area contributed by atoms with Crippen molar-refractivity contribution in [3.05, 3.63) is 104 Å². The maximum absolute atomic E-state index is 13.0. The number of aromatic carboxylic acids is 2. The van der Waals surface area contributed by atoms with Crippen LogP contribution >= 0.6 is 0 Å². The van der Waals surface area contributed by atoms with Gasteiger partial charge in [-0.1, -0.05) is 36.4 Å². The minimum atomic E-state index is -1.18. The summed E-state index contributed by atoms with van der Waals surface area (Å²) in [6, 6.07) is 12.1. The van der Waals surface area contributed by atoms with E-state index in [-0.39, 0.29) is 33.4 Å². The zero-order chi connectivity index (χ0) is 23.7. The fraction of sp³-hybridized carbons (Fsp3) is 0.154. The molecule has 0 amide bonds. The highest BCUT2D eigenvalue weighted by molar-refractivity contribution is 6.17.